The van der Waals surface area contributed by atoms with Gasteiger partial charge >= 0.3 is 0 Å². The van der Waals surface area contributed by atoms with Crippen molar-refractivity contribution in [1.82, 2.24) is 25.4 Å². The number of nitrogens with one attached hydrogen (secondary N) is 2. The van der Waals surface area contributed by atoms with Gasteiger partial charge < -0.3 is 15.2 Å². The first-order valence-corrected chi connectivity index (χ1v) is 9.75. The van der Waals surface area contributed by atoms with Crippen LogP contribution in [0.15, 0.2) is 35.6 Å². The van der Waals surface area contributed by atoms with E-state index in [1.54, 1.807) is 30.2 Å². The molecule has 2 N–H and O–H groups in total. The van der Waals surface area contributed by atoms with Crippen molar-refractivity contribution in [2.75, 3.05) is 25.1 Å². The second kappa shape index (κ2) is 10.7. The summed E-state index contributed by atoms with van der Waals surface area (Å²) in [7, 11) is 0. The number of aryl methyl sites for hydroxylation is 1. The maximum Gasteiger partial charge on any atom is 0.191 e. The van der Waals surface area contributed by atoms with Gasteiger partial charge in [0.25, 0.3) is 0 Å². The number of hydrogen-bond donors (Lipinski definition) is 2. The third-order valence-corrected chi connectivity index (χ3v) is 4.23. The van der Waals surface area contributed by atoms with Crippen molar-refractivity contribution in [2.45, 2.75) is 26.4 Å². The monoisotopic (exact) mass is 364 g/mol. The van der Waals surface area contributed by atoms with Crippen molar-refractivity contribution >= 4 is 17.7 Å². The Morgan fingerprint density at radius 1 is 1.28 bits per heavy atom. The van der Waals surface area contributed by atoms with Gasteiger partial charge in [-0.15, -0.1) is 10.2 Å². The van der Waals surface area contributed by atoms with E-state index in [0.29, 0.717) is 24.6 Å². The molecule has 2 aromatic rings. The predicted molar refractivity (Wildman–Crippen MR) is 101 cm³/mol. The highest BCUT2D eigenvalue weighted by Gasteiger charge is 2.04. The van der Waals surface area contributed by atoms with E-state index in [4.69, 9.17) is 0 Å². The first kappa shape index (κ1) is 19.2. The Morgan fingerprint density at radius 3 is 2.84 bits per heavy atom. The largest absolute Gasteiger partial charge is 0.356 e. The number of thioether (sulfide) groups is 1. The van der Waals surface area contributed by atoms with Crippen LogP contribution >= 0.6 is 11.8 Å². The van der Waals surface area contributed by atoms with E-state index >= 15 is 0 Å². The number of nitrogens with zero attached hydrogens (tertiary/aromatic N) is 4. The van der Waals surface area contributed by atoms with Crippen LogP contribution in [0.25, 0.3) is 0 Å². The van der Waals surface area contributed by atoms with Gasteiger partial charge in [-0.2, -0.15) is 11.8 Å². The van der Waals surface area contributed by atoms with Crippen LogP contribution in [0.1, 0.15) is 18.3 Å². The first-order valence-electron chi connectivity index (χ1n) is 8.35. The molecule has 0 aliphatic carbocycles. The first-order chi connectivity index (χ1) is 12.2. The number of guanidine groups is 1. The molecule has 0 aliphatic heterocycles. The molecule has 1 aromatic carbocycles. The highest BCUT2D eigenvalue weighted by Crippen LogP contribution is 2.07. The highest BCUT2D eigenvalue weighted by atomic mass is 32.2. The van der Waals surface area contributed by atoms with Gasteiger partial charge in [-0.05, 0) is 12.3 Å². The Balaban J connectivity index is 1.92. The van der Waals surface area contributed by atoms with Crippen molar-refractivity contribution in [2.24, 2.45) is 4.99 Å². The molecule has 0 aliphatic rings. The van der Waals surface area contributed by atoms with Gasteiger partial charge in [-0.1, -0.05) is 25.1 Å². The summed E-state index contributed by atoms with van der Waals surface area (Å²) in [4.78, 5) is 4.49. The average Bonchev–Trinajstić information content (AvgIpc) is 3.08. The summed E-state index contributed by atoms with van der Waals surface area (Å²) in [5.74, 6) is 2.39. The van der Waals surface area contributed by atoms with Crippen molar-refractivity contribution in [3.05, 3.63) is 47.8 Å². The quantitative estimate of drug-likeness (QED) is 0.405. The molecule has 0 saturated carbocycles. The molecule has 1 aromatic heterocycles. The second-order valence-electron chi connectivity index (χ2n) is 5.40. The molecule has 0 bridgehead atoms. The number of hydrogen-bond acceptors (Lipinski definition) is 4. The minimum atomic E-state index is -0.230. The van der Waals surface area contributed by atoms with Gasteiger partial charge in [-0.25, -0.2) is 9.38 Å². The van der Waals surface area contributed by atoms with Crippen LogP contribution < -0.4 is 10.6 Å². The van der Waals surface area contributed by atoms with Gasteiger partial charge in [0, 0.05) is 37.4 Å². The number of rotatable bonds is 9. The Hall–Kier alpha value is -2.09. The molecule has 1 heterocycles. The van der Waals surface area contributed by atoms with Crippen molar-refractivity contribution < 1.29 is 4.39 Å². The van der Waals surface area contributed by atoms with E-state index < -0.39 is 0 Å². The van der Waals surface area contributed by atoms with Crippen molar-refractivity contribution in [3.63, 3.8) is 0 Å². The van der Waals surface area contributed by atoms with Crippen molar-refractivity contribution in [3.8, 4) is 0 Å². The fourth-order valence-corrected chi connectivity index (χ4v) is 2.58. The molecule has 0 atom stereocenters. The van der Waals surface area contributed by atoms with Gasteiger partial charge in [0.15, 0.2) is 5.96 Å². The normalized spacial score (nSPS) is 11.6. The SMILES string of the molecule is CCc1nncn1CCNC(=NCc1ccccc1F)NCCSC. The summed E-state index contributed by atoms with van der Waals surface area (Å²) < 4.78 is 15.8. The molecule has 0 radical (unpaired) electrons. The topological polar surface area (TPSA) is 67.1 Å². The molecule has 0 saturated heterocycles. The van der Waals surface area contributed by atoms with E-state index in [9.17, 15) is 4.39 Å². The van der Waals surface area contributed by atoms with E-state index in [2.05, 4.69) is 39.0 Å². The summed E-state index contributed by atoms with van der Waals surface area (Å²) in [5, 5.41) is 14.6. The van der Waals surface area contributed by atoms with Crippen LogP contribution in [0.5, 0.6) is 0 Å². The maximum absolute atomic E-state index is 13.7. The molecular formula is C17H25FN6S. The predicted octanol–water partition coefficient (Wildman–Crippen LogP) is 2.08. The van der Waals surface area contributed by atoms with E-state index in [1.807, 2.05) is 10.6 Å². The van der Waals surface area contributed by atoms with Crippen LogP contribution in [-0.2, 0) is 19.5 Å². The molecule has 0 amide bonds. The van der Waals surface area contributed by atoms with Crippen molar-refractivity contribution in [1.29, 1.82) is 0 Å². The van der Waals surface area contributed by atoms with Crippen LogP contribution in [0.3, 0.4) is 0 Å². The van der Waals surface area contributed by atoms with E-state index in [-0.39, 0.29) is 5.82 Å². The lowest BCUT2D eigenvalue weighted by Gasteiger charge is -2.13. The molecule has 0 spiro atoms. The molecule has 2 rings (SSSR count). The summed E-state index contributed by atoms with van der Waals surface area (Å²) in [5.41, 5.74) is 0.584. The van der Waals surface area contributed by atoms with E-state index in [1.165, 1.54) is 6.07 Å². The third kappa shape index (κ3) is 6.38. The van der Waals surface area contributed by atoms with Gasteiger partial charge in [-0.3, -0.25) is 0 Å². The number of benzene rings is 1. The number of halogens is 1. The zero-order chi connectivity index (χ0) is 17.9. The number of aliphatic imine (C=N–C) groups is 1. The van der Waals surface area contributed by atoms with Gasteiger partial charge in [0.2, 0.25) is 0 Å². The Kier molecular flexibility index (Phi) is 8.24. The lowest BCUT2D eigenvalue weighted by atomic mass is 10.2. The molecule has 0 unspecified atom stereocenters. The fraction of sp³-hybridized carbons (Fsp3) is 0.471. The van der Waals surface area contributed by atoms with Gasteiger partial charge in [0.1, 0.15) is 18.0 Å². The molecule has 0 fully saturated rings. The number of aromatic nitrogens is 3. The average molecular weight is 364 g/mol. The molecule has 8 heteroatoms. The smallest absolute Gasteiger partial charge is 0.191 e. The minimum Gasteiger partial charge on any atom is -0.356 e. The van der Waals surface area contributed by atoms with Gasteiger partial charge in [0.05, 0.1) is 6.54 Å². The molecular weight excluding hydrogens is 339 g/mol. The molecule has 6 nitrogen and oxygen atoms in total. The maximum atomic E-state index is 13.7. The highest BCUT2D eigenvalue weighted by molar-refractivity contribution is 7.98. The third-order valence-electron chi connectivity index (χ3n) is 3.62. The van der Waals surface area contributed by atoms with Crippen LogP contribution in [0.2, 0.25) is 0 Å². The summed E-state index contributed by atoms with van der Waals surface area (Å²) in [6, 6.07) is 6.71. The zero-order valence-electron chi connectivity index (χ0n) is 14.7. The fourth-order valence-electron chi connectivity index (χ4n) is 2.27. The summed E-state index contributed by atoms with van der Waals surface area (Å²) >= 11 is 1.76. The van der Waals surface area contributed by atoms with Crippen LogP contribution in [0.4, 0.5) is 4.39 Å². The zero-order valence-corrected chi connectivity index (χ0v) is 15.5. The Labute approximate surface area is 152 Å². The lowest BCUT2D eigenvalue weighted by molar-refractivity contribution is 0.609. The summed E-state index contributed by atoms with van der Waals surface area (Å²) in [6.07, 6.45) is 4.64. The Bertz CT molecular complexity index is 673. The minimum absolute atomic E-state index is 0.230. The molecule has 136 valence electrons. The Morgan fingerprint density at radius 2 is 2.08 bits per heavy atom. The standard InChI is InChI=1S/C17H25FN6S/c1-3-16-23-22-13-24(16)10-8-19-17(20-9-11-25-2)21-12-14-6-4-5-7-15(14)18/h4-7,13H,3,8-12H2,1-2H3,(H2,19,20,21). The van der Waals surface area contributed by atoms with Crippen LogP contribution in [-0.4, -0.2) is 45.8 Å². The second-order valence-corrected chi connectivity index (χ2v) is 6.38. The van der Waals surface area contributed by atoms with E-state index in [0.717, 1.165) is 31.1 Å². The molecule has 25 heavy (non-hydrogen) atoms. The van der Waals surface area contributed by atoms with Crippen LogP contribution in [0, 0.1) is 5.82 Å². The lowest BCUT2D eigenvalue weighted by Crippen LogP contribution is -2.40. The summed E-state index contributed by atoms with van der Waals surface area (Å²) in [6.45, 7) is 4.59.